The van der Waals surface area contributed by atoms with Gasteiger partial charge in [0.2, 0.25) is 0 Å². The lowest BCUT2D eigenvalue weighted by atomic mass is 9.96. The van der Waals surface area contributed by atoms with Crippen LogP contribution in [-0.4, -0.2) is 4.98 Å². The van der Waals surface area contributed by atoms with Crippen molar-refractivity contribution in [3.05, 3.63) is 22.9 Å². The molecule has 1 aromatic rings. The minimum atomic E-state index is 0.654. The van der Waals surface area contributed by atoms with E-state index < -0.39 is 0 Å². The van der Waals surface area contributed by atoms with Crippen molar-refractivity contribution >= 4 is 5.82 Å². The Morgan fingerprint density at radius 1 is 1.25 bits per heavy atom. The number of hydrogen-bond acceptors (Lipinski definition) is 2. The van der Waals surface area contributed by atoms with Crippen LogP contribution in [0.4, 0.5) is 5.82 Å². The number of nitrogens with two attached hydrogens (primary N) is 1. The van der Waals surface area contributed by atoms with Crippen LogP contribution >= 0.6 is 0 Å². The number of nitrogens with zero attached hydrogens (tertiary/aromatic N) is 1. The third-order valence-corrected chi connectivity index (χ3v) is 3.30. The van der Waals surface area contributed by atoms with Crippen molar-refractivity contribution in [2.24, 2.45) is 5.92 Å². The van der Waals surface area contributed by atoms with E-state index in [0.29, 0.717) is 11.7 Å². The number of nitrogen functional groups attached to an aromatic ring is 1. The van der Waals surface area contributed by atoms with E-state index >= 15 is 0 Å². The molecule has 2 heteroatoms. The van der Waals surface area contributed by atoms with Crippen molar-refractivity contribution in [3.8, 4) is 0 Å². The summed E-state index contributed by atoms with van der Waals surface area (Å²) in [5.41, 5.74) is 10.1. The normalized spacial score (nSPS) is 15.9. The Labute approximate surface area is 98.3 Å². The Hall–Kier alpha value is -1.05. The lowest BCUT2D eigenvalue weighted by molar-refractivity contribution is 0.627. The van der Waals surface area contributed by atoms with E-state index in [1.54, 1.807) is 0 Å². The monoisotopic (exact) mass is 218 g/mol. The standard InChI is InChI=1S/C14H22N2/c1-10(2)8-13-12-7-5-3-4-6-11(12)9-14(15)16-13/h9-10H,3-8H2,1-2H3,(H2,15,16). The van der Waals surface area contributed by atoms with Crippen molar-refractivity contribution in [2.45, 2.75) is 52.4 Å². The number of aryl methyl sites for hydroxylation is 1. The van der Waals surface area contributed by atoms with Crippen LogP contribution in [0.1, 0.15) is 49.9 Å². The molecule has 0 saturated carbocycles. The van der Waals surface area contributed by atoms with Gasteiger partial charge >= 0.3 is 0 Å². The second-order valence-corrected chi connectivity index (χ2v) is 5.29. The SMILES string of the molecule is CC(C)Cc1nc(N)cc2c1CCCCC2. The molecular weight excluding hydrogens is 196 g/mol. The highest BCUT2D eigenvalue weighted by atomic mass is 14.8. The summed E-state index contributed by atoms with van der Waals surface area (Å²) in [6, 6.07) is 2.09. The molecule has 2 N–H and O–H groups in total. The average molecular weight is 218 g/mol. The maximum Gasteiger partial charge on any atom is 0.123 e. The Balaban J connectivity index is 2.38. The summed E-state index contributed by atoms with van der Waals surface area (Å²) in [6.07, 6.45) is 7.40. The van der Waals surface area contributed by atoms with E-state index in [-0.39, 0.29) is 0 Å². The zero-order valence-electron chi connectivity index (χ0n) is 10.4. The van der Waals surface area contributed by atoms with Crippen molar-refractivity contribution in [1.82, 2.24) is 4.98 Å². The molecule has 0 amide bonds. The molecular formula is C14H22N2. The van der Waals surface area contributed by atoms with E-state index in [0.717, 1.165) is 6.42 Å². The molecule has 0 aromatic carbocycles. The van der Waals surface area contributed by atoms with Gasteiger partial charge in [0.1, 0.15) is 5.82 Å². The molecule has 88 valence electrons. The molecule has 0 bridgehead atoms. The van der Waals surface area contributed by atoms with Gasteiger partial charge in [0, 0.05) is 5.69 Å². The first-order valence-electron chi connectivity index (χ1n) is 6.44. The Morgan fingerprint density at radius 2 is 2.00 bits per heavy atom. The predicted molar refractivity (Wildman–Crippen MR) is 68.5 cm³/mol. The molecule has 0 fully saturated rings. The highest BCUT2D eigenvalue weighted by molar-refractivity contribution is 5.42. The molecule has 16 heavy (non-hydrogen) atoms. The van der Waals surface area contributed by atoms with Crippen LogP contribution < -0.4 is 5.73 Å². The summed E-state index contributed by atoms with van der Waals surface area (Å²) in [4.78, 5) is 4.55. The van der Waals surface area contributed by atoms with Gasteiger partial charge in [-0.05, 0) is 55.2 Å². The molecule has 0 aliphatic heterocycles. The molecule has 2 nitrogen and oxygen atoms in total. The van der Waals surface area contributed by atoms with Gasteiger partial charge in [-0.3, -0.25) is 0 Å². The third kappa shape index (κ3) is 2.55. The molecule has 2 rings (SSSR count). The topological polar surface area (TPSA) is 38.9 Å². The fourth-order valence-electron chi connectivity index (χ4n) is 2.58. The zero-order valence-corrected chi connectivity index (χ0v) is 10.4. The zero-order chi connectivity index (χ0) is 11.5. The van der Waals surface area contributed by atoms with Gasteiger partial charge in [-0.25, -0.2) is 4.98 Å². The fourth-order valence-corrected chi connectivity index (χ4v) is 2.58. The fraction of sp³-hybridized carbons (Fsp3) is 0.643. The lowest BCUT2D eigenvalue weighted by Crippen LogP contribution is -2.07. The predicted octanol–water partition coefficient (Wildman–Crippen LogP) is 3.13. The van der Waals surface area contributed by atoms with Gasteiger partial charge < -0.3 is 5.73 Å². The quantitative estimate of drug-likeness (QED) is 0.775. The molecule has 1 aliphatic rings. The number of rotatable bonds is 2. The van der Waals surface area contributed by atoms with Gasteiger partial charge in [-0.2, -0.15) is 0 Å². The summed E-state index contributed by atoms with van der Waals surface area (Å²) >= 11 is 0. The smallest absolute Gasteiger partial charge is 0.123 e. The molecule has 1 aromatic heterocycles. The number of anilines is 1. The van der Waals surface area contributed by atoms with E-state index in [9.17, 15) is 0 Å². The summed E-state index contributed by atoms with van der Waals surface area (Å²) in [6.45, 7) is 4.49. The van der Waals surface area contributed by atoms with E-state index in [4.69, 9.17) is 5.73 Å². The minimum Gasteiger partial charge on any atom is -0.384 e. The van der Waals surface area contributed by atoms with Crippen molar-refractivity contribution < 1.29 is 0 Å². The van der Waals surface area contributed by atoms with Crippen LogP contribution in [0.3, 0.4) is 0 Å². The van der Waals surface area contributed by atoms with Crippen LogP contribution in [0, 0.1) is 5.92 Å². The van der Waals surface area contributed by atoms with Crippen molar-refractivity contribution in [3.63, 3.8) is 0 Å². The Bertz CT molecular complexity index is 369. The van der Waals surface area contributed by atoms with Crippen LogP contribution in [0.5, 0.6) is 0 Å². The van der Waals surface area contributed by atoms with Gasteiger partial charge in [-0.1, -0.05) is 20.3 Å². The van der Waals surface area contributed by atoms with Gasteiger partial charge in [-0.15, -0.1) is 0 Å². The highest BCUT2D eigenvalue weighted by Crippen LogP contribution is 2.25. The highest BCUT2D eigenvalue weighted by Gasteiger charge is 2.15. The summed E-state index contributed by atoms with van der Waals surface area (Å²) < 4.78 is 0. The first-order chi connectivity index (χ1) is 7.66. The minimum absolute atomic E-state index is 0.654. The molecule has 0 atom stereocenters. The third-order valence-electron chi connectivity index (χ3n) is 3.30. The van der Waals surface area contributed by atoms with Crippen LogP contribution in [0.25, 0.3) is 0 Å². The molecule has 1 heterocycles. The Kier molecular flexibility index (Phi) is 3.47. The van der Waals surface area contributed by atoms with Crippen LogP contribution in [0.15, 0.2) is 6.07 Å². The maximum absolute atomic E-state index is 5.90. The second-order valence-electron chi connectivity index (χ2n) is 5.29. The van der Waals surface area contributed by atoms with E-state index in [2.05, 4.69) is 24.9 Å². The molecule has 0 radical (unpaired) electrons. The Morgan fingerprint density at radius 3 is 2.75 bits per heavy atom. The summed E-state index contributed by atoms with van der Waals surface area (Å²) in [5.74, 6) is 1.36. The molecule has 0 unspecified atom stereocenters. The first kappa shape index (κ1) is 11.4. The van der Waals surface area contributed by atoms with Gasteiger partial charge in [0.15, 0.2) is 0 Å². The summed E-state index contributed by atoms with van der Waals surface area (Å²) in [5, 5.41) is 0. The molecule has 0 spiro atoms. The molecule has 0 saturated heterocycles. The average Bonchev–Trinajstić information content (AvgIpc) is 2.41. The number of hydrogen-bond donors (Lipinski definition) is 1. The van der Waals surface area contributed by atoms with Crippen molar-refractivity contribution in [2.75, 3.05) is 5.73 Å². The van der Waals surface area contributed by atoms with Crippen molar-refractivity contribution in [1.29, 1.82) is 0 Å². The number of fused-ring (bicyclic) bond motifs is 1. The van der Waals surface area contributed by atoms with Crippen LogP contribution in [-0.2, 0) is 19.3 Å². The van der Waals surface area contributed by atoms with Gasteiger partial charge in [0.05, 0.1) is 0 Å². The summed E-state index contributed by atoms with van der Waals surface area (Å²) in [7, 11) is 0. The number of aromatic nitrogens is 1. The number of pyridine rings is 1. The van der Waals surface area contributed by atoms with Crippen LogP contribution in [0.2, 0.25) is 0 Å². The molecule has 1 aliphatic carbocycles. The largest absolute Gasteiger partial charge is 0.384 e. The maximum atomic E-state index is 5.90. The first-order valence-corrected chi connectivity index (χ1v) is 6.44. The van der Waals surface area contributed by atoms with Gasteiger partial charge in [0.25, 0.3) is 0 Å². The second kappa shape index (κ2) is 4.86. The van der Waals surface area contributed by atoms with E-state index in [1.807, 2.05) is 0 Å². The lowest BCUT2D eigenvalue weighted by Gasteiger charge is -2.14. The van der Waals surface area contributed by atoms with E-state index in [1.165, 1.54) is 48.9 Å².